The van der Waals surface area contributed by atoms with Gasteiger partial charge in [0.25, 0.3) is 0 Å². The quantitative estimate of drug-likeness (QED) is 0.381. The number of carbonyl (C=O) groups is 2. The summed E-state index contributed by atoms with van der Waals surface area (Å²) in [5, 5.41) is 44.6. The minimum Gasteiger partial charge on any atom is -0.504 e. The molecule has 10 heteroatoms. The van der Waals surface area contributed by atoms with E-state index in [1.807, 2.05) is 12.1 Å². The molecule has 50 heavy (non-hydrogen) atoms. The first-order valence-electron chi connectivity index (χ1n) is 19.1. The summed E-state index contributed by atoms with van der Waals surface area (Å²) >= 11 is 0. The fraction of sp³-hybridized carbons (Fsp3) is 0.650. The monoisotopic (exact) mass is 682 g/mol. The van der Waals surface area contributed by atoms with Crippen molar-refractivity contribution in [3.8, 4) is 23.0 Å². The second-order valence-electron chi connectivity index (χ2n) is 17.4. The molecule has 4 heterocycles. The Morgan fingerprint density at radius 1 is 0.640 bits per heavy atom. The van der Waals surface area contributed by atoms with Crippen LogP contribution in [0.4, 0.5) is 0 Å². The molecule has 4 bridgehead atoms. The van der Waals surface area contributed by atoms with E-state index in [2.05, 4.69) is 9.80 Å². The molecule has 0 unspecified atom stereocenters. The number of hydrogen-bond acceptors (Lipinski definition) is 10. The average Bonchev–Trinajstić information content (AvgIpc) is 4.02. The Kier molecular flexibility index (Phi) is 5.98. The maximum atomic E-state index is 12.7. The lowest BCUT2D eigenvalue weighted by atomic mass is 9.49. The lowest BCUT2D eigenvalue weighted by Gasteiger charge is -2.62. The minimum absolute atomic E-state index is 0.0454. The van der Waals surface area contributed by atoms with Crippen LogP contribution in [0.15, 0.2) is 24.3 Å². The molecule has 2 spiro atoms. The van der Waals surface area contributed by atoms with E-state index < -0.39 is 34.2 Å². The van der Waals surface area contributed by atoms with Crippen LogP contribution in [0.2, 0.25) is 0 Å². The highest BCUT2D eigenvalue weighted by Gasteiger charge is 2.74. The maximum absolute atomic E-state index is 12.7. The zero-order valence-corrected chi connectivity index (χ0v) is 28.4. The Hall–Kier alpha value is -3.18. The molecule has 10 nitrogen and oxygen atoms in total. The van der Waals surface area contributed by atoms with Crippen molar-refractivity contribution in [1.29, 1.82) is 0 Å². The normalized spacial score (nSPS) is 41.4. The summed E-state index contributed by atoms with van der Waals surface area (Å²) in [6.45, 7) is 3.90. The van der Waals surface area contributed by atoms with Crippen molar-refractivity contribution >= 4 is 11.6 Å². The molecule has 4 N–H and O–H groups in total. The number of hydrogen-bond donors (Lipinski definition) is 4. The van der Waals surface area contributed by atoms with Crippen molar-refractivity contribution in [2.24, 2.45) is 11.8 Å². The van der Waals surface area contributed by atoms with Crippen molar-refractivity contribution in [3.63, 3.8) is 0 Å². The van der Waals surface area contributed by atoms with E-state index in [4.69, 9.17) is 9.47 Å². The second kappa shape index (κ2) is 9.82. The molecule has 2 aromatic rings. The topological polar surface area (TPSA) is 140 Å². The first-order chi connectivity index (χ1) is 24.1. The SMILES string of the molecule is O=C1CC[C@@]2(O)[C@H]3Cc4ccc(O)c5c4[C@@]2(CCN3CC2CC2)[C@H]1O5.O=C1CC[C@@]2(O)[C@H]3Cc4ccc(O)c5c4[C@@]2(CCN3CC2CC2)[C@H]1O5. The highest BCUT2D eigenvalue weighted by atomic mass is 16.5. The van der Waals surface area contributed by atoms with Gasteiger partial charge in [-0.3, -0.25) is 19.4 Å². The van der Waals surface area contributed by atoms with Crippen LogP contribution in [-0.2, 0) is 33.3 Å². The third kappa shape index (κ3) is 3.59. The average molecular weight is 683 g/mol. The zero-order valence-electron chi connectivity index (χ0n) is 28.4. The van der Waals surface area contributed by atoms with Gasteiger partial charge in [0.15, 0.2) is 46.8 Å². The highest BCUT2D eigenvalue weighted by Crippen LogP contribution is 2.66. The number of phenolic OH excluding ortho intramolecular Hbond substituents is 2. The predicted octanol–water partition coefficient (Wildman–Crippen LogP) is 3.05. The number of ether oxygens (including phenoxy) is 2. The summed E-state index contributed by atoms with van der Waals surface area (Å²) in [7, 11) is 0. The number of phenols is 2. The Balaban J connectivity index is 0.000000120. The van der Waals surface area contributed by atoms with Gasteiger partial charge in [-0.1, -0.05) is 12.1 Å². The number of benzene rings is 2. The van der Waals surface area contributed by atoms with Gasteiger partial charge in [-0.15, -0.1) is 0 Å². The minimum atomic E-state index is -0.940. The molecule has 10 aliphatic rings. The lowest BCUT2D eigenvalue weighted by Crippen LogP contribution is -2.76. The Morgan fingerprint density at radius 3 is 1.46 bits per heavy atom. The largest absolute Gasteiger partial charge is 0.504 e. The van der Waals surface area contributed by atoms with Crippen LogP contribution in [0, 0.1) is 11.8 Å². The van der Waals surface area contributed by atoms with Crippen LogP contribution in [0.1, 0.15) is 86.5 Å². The Morgan fingerprint density at radius 2 is 1.06 bits per heavy atom. The summed E-state index contributed by atoms with van der Waals surface area (Å²) < 4.78 is 12.1. The van der Waals surface area contributed by atoms with Crippen molar-refractivity contribution in [2.75, 3.05) is 26.2 Å². The molecule has 264 valence electrons. The van der Waals surface area contributed by atoms with Gasteiger partial charge in [-0.2, -0.15) is 0 Å². The van der Waals surface area contributed by atoms with E-state index in [0.29, 0.717) is 37.2 Å². The van der Waals surface area contributed by atoms with Crippen LogP contribution in [0.5, 0.6) is 23.0 Å². The number of Topliss-reactive ketones (excluding diaryl/α,β-unsaturated/α-hetero) is 2. The van der Waals surface area contributed by atoms with E-state index in [1.165, 1.54) is 25.7 Å². The number of ketones is 2. The number of rotatable bonds is 4. The van der Waals surface area contributed by atoms with Crippen molar-refractivity contribution in [3.05, 3.63) is 46.5 Å². The molecule has 6 aliphatic carbocycles. The third-order valence-electron chi connectivity index (χ3n) is 15.1. The molecule has 0 amide bonds. The Bertz CT molecular complexity index is 1740. The first kappa shape index (κ1) is 30.4. The van der Waals surface area contributed by atoms with E-state index in [0.717, 1.165) is 86.0 Å². The van der Waals surface area contributed by atoms with E-state index in [-0.39, 0.29) is 35.1 Å². The standard InChI is InChI=1S/2C20H23NO4/c2*22-13-4-3-12-9-15-20(24)6-5-14(23)18-19(20,16(12)17(13)25-18)7-8-21(15)10-11-1-2-11/h2*3-4,11,15,18,22,24H,1-2,5-10H2/t2*15-,18+,19+,20-/m11/s1. The van der Waals surface area contributed by atoms with Gasteiger partial charge in [0, 0.05) is 49.1 Å². The number of aromatic hydroxyl groups is 2. The fourth-order valence-corrected chi connectivity index (χ4v) is 12.5. The third-order valence-corrected chi connectivity index (χ3v) is 15.1. The van der Waals surface area contributed by atoms with Crippen LogP contribution in [-0.4, -0.2) is 103 Å². The molecule has 0 aromatic heterocycles. The molecular weight excluding hydrogens is 636 g/mol. The van der Waals surface area contributed by atoms with Crippen molar-refractivity contribution < 1.29 is 39.5 Å². The van der Waals surface area contributed by atoms with Crippen LogP contribution < -0.4 is 9.47 Å². The Labute approximate surface area is 291 Å². The molecule has 2 saturated heterocycles. The number of nitrogens with zero attached hydrogens (tertiary/aromatic N) is 2. The summed E-state index contributed by atoms with van der Waals surface area (Å²) in [4.78, 5) is 30.4. The number of piperidine rings is 2. The summed E-state index contributed by atoms with van der Waals surface area (Å²) in [5.41, 5.74) is 0.907. The molecule has 2 aromatic carbocycles. The summed E-state index contributed by atoms with van der Waals surface area (Å²) in [6, 6.07) is 7.38. The van der Waals surface area contributed by atoms with Gasteiger partial charge in [-0.05, 0) is 112 Å². The van der Waals surface area contributed by atoms with Gasteiger partial charge in [0.2, 0.25) is 0 Å². The molecule has 0 radical (unpaired) electrons. The molecule has 4 saturated carbocycles. The van der Waals surface area contributed by atoms with Gasteiger partial charge in [-0.25, -0.2) is 0 Å². The van der Waals surface area contributed by atoms with Crippen molar-refractivity contribution in [1.82, 2.24) is 9.80 Å². The predicted molar refractivity (Wildman–Crippen MR) is 180 cm³/mol. The lowest BCUT2D eigenvalue weighted by molar-refractivity contribution is -0.188. The van der Waals surface area contributed by atoms with E-state index >= 15 is 0 Å². The molecule has 12 rings (SSSR count). The fourth-order valence-electron chi connectivity index (χ4n) is 12.5. The van der Waals surface area contributed by atoms with Crippen LogP contribution in [0.3, 0.4) is 0 Å². The number of carbonyl (C=O) groups excluding carboxylic acids is 2. The molecule has 8 atom stereocenters. The van der Waals surface area contributed by atoms with Gasteiger partial charge in [0.1, 0.15) is 0 Å². The first-order valence-corrected chi connectivity index (χ1v) is 19.1. The maximum Gasteiger partial charge on any atom is 0.174 e. The van der Waals surface area contributed by atoms with Crippen molar-refractivity contribution in [2.45, 2.75) is 123 Å². The summed E-state index contributed by atoms with van der Waals surface area (Å²) in [5.74, 6) is 2.78. The number of aliphatic hydroxyl groups is 2. The van der Waals surface area contributed by atoms with E-state index in [1.54, 1.807) is 12.1 Å². The van der Waals surface area contributed by atoms with Gasteiger partial charge >= 0.3 is 0 Å². The molecular formula is C40H46N2O8. The highest BCUT2D eigenvalue weighted by molar-refractivity contribution is 5.91. The number of likely N-dealkylation sites (tertiary alicyclic amines) is 2. The smallest absolute Gasteiger partial charge is 0.174 e. The molecule has 4 aliphatic heterocycles. The summed E-state index contributed by atoms with van der Waals surface area (Å²) in [6.07, 6.45) is 8.65. The van der Waals surface area contributed by atoms with Crippen LogP contribution >= 0.6 is 0 Å². The van der Waals surface area contributed by atoms with Gasteiger partial charge < -0.3 is 29.9 Å². The van der Waals surface area contributed by atoms with E-state index in [9.17, 15) is 30.0 Å². The molecule has 6 fully saturated rings. The van der Waals surface area contributed by atoms with Gasteiger partial charge in [0.05, 0.1) is 22.0 Å². The zero-order chi connectivity index (χ0) is 33.9. The van der Waals surface area contributed by atoms with Crippen LogP contribution in [0.25, 0.3) is 0 Å². The second-order valence-corrected chi connectivity index (χ2v) is 17.4.